The number of ether oxygens (including phenoxy) is 2. The van der Waals surface area contributed by atoms with Crippen molar-refractivity contribution in [2.24, 2.45) is 0 Å². The molecule has 0 radical (unpaired) electrons. The number of carbonyl (C=O) groups is 1. The highest BCUT2D eigenvalue weighted by Crippen LogP contribution is 2.39. The molecule has 5 heteroatoms. The molecular weight excluding hydrogens is 310 g/mol. The van der Waals surface area contributed by atoms with Crippen LogP contribution in [0.4, 0.5) is 0 Å². The van der Waals surface area contributed by atoms with Crippen molar-refractivity contribution in [3.05, 3.63) is 21.7 Å². The first-order chi connectivity index (χ1) is 9.21. The van der Waals surface area contributed by atoms with Gasteiger partial charge < -0.3 is 14.8 Å². The van der Waals surface area contributed by atoms with Crippen molar-refractivity contribution >= 4 is 22.2 Å². The van der Waals surface area contributed by atoms with Crippen LogP contribution >= 0.6 is 15.9 Å². The Balaban J connectivity index is 2.42. The Labute approximate surface area is 121 Å². The Morgan fingerprint density at radius 1 is 1.42 bits per heavy atom. The first kappa shape index (κ1) is 14.3. The molecule has 0 saturated carbocycles. The molecule has 1 aliphatic heterocycles. The van der Waals surface area contributed by atoms with Gasteiger partial charge in [0, 0.05) is 16.1 Å². The van der Waals surface area contributed by atoms with Gasteiger partial charge in [0.2, 0.25) is 0 Å². The van der Waals surface area contributed by atoms with Crippen molar-refractivity contribution in [2.75, 3.05) is 20.8 Å². The summed E-state index contributed by atoms with van der Waals surface area (Å²) in [6, 6.07) is 2.25. The highest BCUT2D eigenvalue weighted by Gasteiger charge is 2.23. The number of nitrogens with one attached hydrogen (secondary N) is 1. The lowest BCUT2D eigenvalue weighted by atomic mass is 10.0. The molecule has 1 aromatic carbocycles. The Bertz CT molecular complexity index is 470. The van der Waals surface area contributed by atoms with Crippen molar-refractivity contribution in [1.29, 1.82) is 0 Å². The molecule has 1 atom stereocenters. The van der Waals surface area contributed by atoms with Gasteiger partial charge in [-0.05, 0) is 31.9 Å². The maximum atomic E-state index is 11.1. The fourth-order valence-corrected chi connectivity index (χ4v) is 3.14. The van der Waals surface area contributed by atoms with Crippen molar-refractivity contribution in [3.8, 4) is 11.5 Å². The van der Waals surface area contributed by atoms with Crippen LogP contribution in [0.25, 0.3) is 0 Å². The fraction of sp³-hybridized carbons (Fsp3) is 0.500. The van der Waals surface area contributed by atoms with Crippen molar-refractivity contribution in [1.82, 2.24) is 5.32 Å². The van der Waals surface area contributed by atoms with Crippen LogP contribution < -0.4 is 14.8 Å². The summed E-state index contributed by atoms with van der Waals surface area (Å²) < 4.78 is 11.7. The standard InChI is InChI=1S/C14H18BrNO3/c1-18-13-9(8-17)6-12(15)11(14(13)19-2)7-10-4-3-5-16-10/h6,8,10,16H,3-5,7H2,1-2H3. The molecule has 0 bridgehead atoms. The highest BCUT2D eigenvalue weighted by molar-refractivity contribution is 9.10. The summed E-state index contributed by atoms with van der Waals surface area (Å²) in [5, 5.41) is 3.46. The second kappa shape index (κ2) is 6.39. The van der Waals surface area contributed by atoms with E-state index < -0.39 is 0 Å². The SMILES string of the molecule is COc1c(C=O)cc(Br)c(CC2CCCN2)c1OC. The Hall–Kier alpha value is -1.07. The lowest BCUT2D eigenvalue weighted by Crippen LogP contribution is -2.24. The Morgan fingerprint density at radius 2 is 2.16 bits per heavy atom. The summed E-state index contributed by atoms with van der Waals surface area (Å²) in [6.45, 7) is 1.06. The van der Waals surface area contributed by atoms with Crippen LogP contribution in [0.5, 0.6) is 11.5 Å². The first-order valence-corrected chi connectivity index (χ1v) is 7.12. The molecule has 19 heavy (non-hydrogen) atoms. The van der Waals surface area contributed by atoms with E-state index in [1.807, 2.05) is 0 Å². The van der Waals surface area contributed by atoms with Gasteiger partial charge >= 0.3 is 0 Å². The van der Waals surface area contributed by atoms with Crippen molar-refractivity contribution < 1.29 is 14.3 Å². The maximum Gasteiger partial charge on any atom is 0.171 e. The number of rotatable bonds is 5. The molecule has 1 saturated heterocycles. The minimum atomic E-state index is 0.456. The lowest BCUT2D eigenvalue weighted by molar-refractivity contribution is 0.112. The van der Waals surface area contributed by atoms with Gasteiger partial charge in [0.05, 0.1) is 19.8 Å². The zero-order valence-corrected chi connectivity index (χ0v) is 12.7. The van der Waals surface area contributed by atoms with Gasteiger partial charge in [-0.15, -0.1) is 0 Å². The van der Waals surface area contributed by atoms with Crippen LogP contribution in [0, 0.1) is 0 Å². The summed E-state index contributed by atoms with van der Waals surface area (Å²) in [6.07, 6.45) is 4.00. The number of carbonyl (C=O) groups excluding carboxylic acids is 1. The first-order valence-electron chi connectivity index (χ1n) is 6.33. The summed E-state index contributed by atoms with van der Waals surface area (Å²) in [5.41, 5.74) is 1.54. The summed E-state index contributed by atoms with van der Waals surface area (Å²) >= 11 is 3.53. The summed E-state index contributed by atoms with van der Waals surface area (Å²) in [5.74, 6) is 1.15. The molecule has 1 aliphatic rings. The Morgan fingerprint density at radius 3 is 2.68 bits per heavy atom. The second-order valence-corrected chi connectivity index (χ2v) is 5.46. The largest absolute Gasteiger partial charge is 0.493 e. The van der Waals surface area contributed by atoms with Gasteiger partial charge in [0.25, 0.3) is 0 Å². The zero-order valence-electron chi connectivity index (χ0n) is 11.2. The summed E-state index contributed by atoms with van der Waals surface area (Å²) in [7, 11) is 3.15. The van der Waals surface area contributed by atoms with Crippen molar-refractivity contribution in [2.45, 2.75) is 25.3 Å². The maximum absolute atomic E-state index is 11.1. The molecule has 0 aromatic heterocycles. The van der Waals surface area contributed by atoms with Crippen LogP contribution in [0.1, 0.15) is 28.8 Å². The van der Waals surface area contributed by atoms with E-state index in [0.29, 0.717) is 23.1 Å². The Kier molecular flexibility index (Phi) is 4.82. The van der Waals surface area contributed by atoms with E-state index in [4.69, 9.17) is 9.47 Å². The van der Waals surface area contributed by atoms with Gasteiger partial charge in [0.1, 0.15) is 0 Å². The molecule has 1 unspecified atom stereocenters. The van der Waals surface area contributed by atoms with Crippen molar-refractivity contribution in [3.63, 3.8) is 0 Å². The molecule has 0 aliphatic carbocycles. The molecule has 1 N–H and O–H groups in total. The third-order valence-electron chi connectivity index (χ3n) is 3.46. The van der Waals surface area contributed by atoms with Gasteiger partial charge in [-0.2, -0.15) is 0 Å². The van der Waals surface area contributed by atoms with E-state index in [1.165, 1.54) is 6.42 Å². The van der Waals surface area contributed by atoms with E-state index in [-0.39, 0.29) is 0 Å². The van der Waals surface area contributed by atoms with E-state index >= 15 is 0 Å². The predicted octanol–water partition coefficient (Wildman–Crippen LogP) is 2.57. The summed E-state index contributed by atoms with van der Waals surface area (Å²) in [4.78, 5) is 11.1. The molecule has 0 spiro atoms. The smallest absolute Gasteiger partial charge is 0.171 e. The predicted molar refractivity (Wildman–Crippen MR) is 77.4 cm³/mol. The molecule has 0 amide bonds. The van der Waals surface area contributed by atoms with Gasteiger partial charge in [-0.25, -0.2) is 0 Å². The molecule has 1 fully saturated rings. The van der Waals surface area contributed by atoms with E-state index in [9.17, 15) is 4.79 Å². The number of hydrogen-bond acceptors (Lipinski definition) is 4. The number of benzene rings is 1. The minimum absolute atomic E-state index is 0.456. The number of aldehydes is 1. The second-order valence-electron chi connectivity index (χ2n) is 4.61. The van der Waals surface area contributed by atoms with E-state index in [2.05, 4.69) is 21.2 Å². The van der Waals surface area contributed by atoms with E-state index in [1.54, 1.807) is 20.3 Å². The molecule has 104 valence electrons. The highest BCUT2D eigenvalue weighted by atomic mass is 79.9. The monoisotopic (exact) mass is 327 g/mol. The molecule has 1 aromatic rings. The molecule has 4 nitrogen and oxygen atoms in total. The molecule has 1 heterocycles. The topological polar surface area (TPSA) is 47.6 Å². The third kappa shape index (κ3) is 2.92. The van der Waals surface area contributed by atoms with E-state index in [0.717, 1.165) is 35.7 Å². The third-order valence-corrected chi connectivity index (χ3v) is 4.17. The van der Waals surface area contributed by atoms with Gasteiger partial charge in [0.15, 0.2) is 17.8 Å². The molecular formula is C14H18BrNO3. The van der Waals surface area contributed by atoms with Gasteiger partial charge in [-0.1, -0.05) is 15.9 Å². The number of halogens is 1. The van der Waals surface area contributed by atoms with Gasteiger partial charge in [-0.3, -0.25) is 4.79 Å². The zero-order chi connectivity index (χ0) is 13.8. The van der Waals surface area contributed by atoms with Crippen LogP contribution in [0.15, 0.2) is 10.5 Å². The van der Waals surface area contributed by atoms with Crippen LogP contribution in [-0.4, -0.2) is 33.1 Å². The number of methoxy groups -OCH3 is 2. The van der Waals surface area contributed by atoms with Crippen LogP contribution in [-0.2, 0) is 6.42 Å². The quantitative estimate of drug-likeness (QED) is 0.844. The normalized spacial score (nSPS) is 18.4. The minimum Gasteiger partial charge on any atom is -0.493 e. The number of hydrogen-bond donors (Lipinski definition) is 1. The average Bonchev–Trinajstić information content (AvgIpc) is 2.93. The van der Waals surface area contributed by atoms with Crippen LogP contribution in [0.2, 0.25) is 0 Å². The molecule has 2 rings (SSSR count). The average molecular weight is 328 g/mol. The van der Waals surface area contributed by atoms with Crippen LogP contribution in [0.3, 0.4) is 0 Å². The fourth-order valence-electron chi connectivity index (χ4n) is 2.55. The lowest BCUT2D eigenvalue weighted by Gasteiger charge is -2.18.